The van der Waals surface area contributed by atoms with Crippen LogP contribution in [0.2, 0.25) is 0 Å². The molecule has 1 saturated heterocycles. The summed E-state index contributed by atoms with van der Waals surface area (Å²) in [7, 11) is 0. The molecule has 20 heavy (non-hydrogen) atoms. The minimum atomic E-state index is 0.0628. The normalized spacial score (nSPS) is 17.1. The molecule has 1 aromatic rings. The molecule has 0 unspecified atom stereocenters. The number of piperidine rings is 1. The Morgan fingerprint density at radius 2 is 2.10 bits per heavy atom. The Bertz CT molecular complexity index is 465. The Labute approximate surface area is 121 Å². The maximum absolute atomic E-state index is 12.1. The first kappa shape index (κ1) is 14.9. The molecule has 1 aromatic carbocycles. The van der Waals surface area contributed by atoms with Crippen molar-refractivity contribution in [2.24, 2.45) is 5.92 Å². The van der Waals surface area contributed by atoms with Crippen LogP contribution in [0.1, 0.15) is 31.7 Å². The van der Waals surface area contributed by atoms with Crippen LogP contribution >= 0.6 is 0 Å². The smallest absolute Gasteiger partial charge is 0.238 e. The van der Waals surface area contributed by atoms with Gasteiger partial charge in [-0.25, -0.2) is 0 Å². The molecule has 0 spiro atoms. The molecule has 110 valence electrons. The van der Waals surface area contributed by atoms with Gasteiger partial charge in [-0.3, -0.25) is 9.69 Å². The topological polar surface area (TPSA) is 58.4 Å². The zero-order chi connectivity index (χ0) is 14.5. The average molecular weight is 275 g/mol. The highest BCUT2D eigenvalue weighted by atomic mass is 16.2. The van der Waals surface area contributed by atoms with Crippen molar-refractivity contribution in [2.45, 2.75) is 33.1 Å². The van der Waals surface area contributed by atoms with Crippen molar-refractivity contribution in [3.05, 3.63) is 23.8 Å². The summed E-state index contributed by atoms with van der Waals surface area (Å²) in [5, 5.41) is 2.97. The summed E-state index contributed by atoms with van der Waals surface area (Å²) < 4.78 is 0. The van der Waals surface area contributed by atoms with Crippen LogP contribution in [0.15, 0.2) is 18.2 Å². The van der Waals surface area contributed by atoms with Gasteiger partial charge in [0.1, 0.15) is 0 Å². The van der Waals surface area contributed by atoms with Crippen LogP contribution in [-0.4, -0.2) is 30.4 Å². The minimum absolute atomic E-state index is 0.0628. The molecule has 1 fully saturated rings. The van der Waals surface area contributed by atoms with Gasteiger partial charge in [0, 0.05) is 11.4 Å². The number of carbonyl (C=O) groups excluding carboxylic acids is 1. The molecule has 1 amide bonds. The van der Waals surface area contributed by atoms with Crippen molar-refractivity contribution < 1.29 is 4.79 Å². The quantitative estimate of drug-likeness (QED) is 0.831. The molecule has 0 aromatic heterocycles. The van der Waals surface area contributed by atoms with Crippen LogP contribution in [0.3, 0.4) is 0 Å². The molecular weight excluding hydrogens is 250 g/mol. The number of hydrogen-bond donors (Lipinski definition) is 2. The van der Waals surface area contributed by atoms with E-state index in [-0.39, 0.29) is 5.91 Å². The number of nitrogens with two attached hydrogens (primary N) is 1. The van der Waals surface area contributed by atoms with Crippen molar-refractivity contribution in [2.75, 3.05) is 30.7 Å². The number of likely N-dealkylation sites (tertiary alicyclic amines) is 1. The van der Waals surface area contributed by atoms with Gasteiger partial charge in [-0.1, -0.05) is 13.3 Å². The Hall–Kier alpha value is -1.55. The van der Waals surface area contributed by atoms with E-state index < -0.39 is 0 Å². The van der Waals surface area contributed by atoms with Gasteiger partial charge in [-0.15, -0.1) is 0 Å². The van der Waals surface area contributed by atoms with Crippen molar-refractivity contribution >= 4 is 17.3 Å². The number of nitrogens with zero attached hydrogens (tertiary/aromatic N) is 1. The molecule has 0 bridgehead atoms. The first-order valence-electron chi connectivity index (χ1n) is 7.46. The lowest BCUT2D eigenvalue weighted by Gasteiger charge is -2.30. The van der Waals surface area contributed by atoms with Gasteiger partial charge in [0.15, 0.2) is 0 Å². The predicted molar refractivity (Wildman–Crippen MR) is 83.7 cm³/mol. The number of nitrogens with one attached hydrogen (secondary N) is 1. The number of nitrogen functional groups attached to an aromatic ring is 1. The van der Waals surface area contributed by atoms with Gasteiger partial charge in [0.25, 0.3) is 0 Å². The van der Waals surface area contributed by atoms with E-state index in [2.05, 4.69) is 17.1 Å². The number of benzene rings is 1. The number of amides is 1. The van der Waals surface area contributed by atoms with Gasteiger partial charge in [-0.2, -0.15) is 0 Å². The maximum atomic E-state index is 12.1. The van der Waals surface area contributed by atoms with Gasteiger partial charge in [-0.05, 0) is 62.5 Å². The van der Waals surface area contributed by atoms with E-state index in [1.807, 2.05) is 25.1 Å². The number of hydrogen-bond acceptors (Lipinski definition) is 3. The largest absolute Gasteiger partial charge is 0.399 e. The molecule has 4 nitrogen and oxygen atoms in total. The van der Waals surface area contributed by atoms with E-state index in [1.54, 1.807) is 0 Å². The zero-order valence-electron chi connectivity index (χ0n) is 12.5. The highest BCUT2D eigenvalue weighted by Gasteiger charge is 2.19. The van der Waals surface area contributed by atoms with E-state index in [4.69, 9.17) is 5.73 Å². The summed E-state index contributed by atoms with van der Waals surface area (Å²) in [6.07, 6.45) is 3.68. The third kappa shape index (κ3) is 3.97. The highest BCUT2D eigenvalue weighted by molar-refractivity contribution is 5.93. The van der Waals surface area contributed by atoms with Crippen LogP contribution in [0.25, 0.3) is 0 Å². The van der Waals surface area contributed by atoms with Gasteiger partial charge in [0.2, 0.25) is 5.91 Å². The number of carbonyl (C=O) groups is 1. The monoisotopic (exact) mass is 275 g/mol. The lowest BCUT2D eigenvalue weighted by molar-refractivity contribution is -0.117. The third-order valence-electron chi connectivity index (χ3n) is 4.18. The first-order chi connectivity index (χ1) is 9.58. The molecule has 1 aliphatic rings. The molecule has 0 aliphatic carbocycles. The maximum Gasteiger partial charge on any atom is 0.238 e. The standard InChI is InChI=1S/C16H25N3O/c1-3-13-6-8-19(9-7-13)11-16(20)18-15-5-4-14(17)10-12(15)2/h4-5,10,13H,3,6-9,11,17H2,1-2H3,(H,18,20). The molecular formula is C16H25N3O. The zero-order valence-corrected chi connectivity index (χ0v) is 12.5. The number of aryl methyl sites for hydroxylation is 1. The molecule has 0 atom stereocenters. The predicted octanol–water partition coefficient (Wildman–Crippen LogP) is 2.64. The fourth-order valence-corrected chi connectivity index (χ4v) is 2.77. The van der Waals surface area contributed by atoms with Gasteiger partial charge in [0.05, 0.1) is 6.54 Å². The van der Waals surface area contributed by atoms with Crippen molar-refractivity contribution in [3.8, 4) is 0 Å². The molecule has 0 saturated carbocycles. The van der Waals surface area contributed by atoms with Gasteiger partial charge >= 0.3 is 0 Å². The Morgan fingerprint density at radius 3 is 2.70 bits per heavy atom. The summed E-state index contributed by atoms with van der Waals surface area (Å²) in [6.45, 7) is 6.76. The van der Waals surface area contributed by atoms with E-state index in [0.717, 1.165) is 35.9 Å². The fourth-order valence-electron chi connectivity index (χ4n) is 2.77. The number of anilines is 2. The SMILES string of the molecule is CCC1CCN(CC(=O)Nc2ccc(N)cc2C)CC1. The fraction of sp³-hybridized carbons (Fsp3) is 0.562. The van der Waals surface area contributed by atoms with Crippen molar-refractivity contribution in [1.82, 2.24) is 4.90 Å². The van der Waals surface area contributed by atoms with Crippen LogP contribution in [0.5, 0.6) is 0 Å². The van der Waals surface area contributed by atoms with Crippen LogP contribution in [-0.2, 0) is 4.79 Å². The van der Waals surface area contributed by atoms with Crippen molar-refractivity contribution in [3.63, 3.8) is 0 Å². The average Bonchev–Trinajstić information content (AvgIpc) is 2.43. The van der Waals surface area contributed by atoms with Crippen LogP contribution in [0.4, 0.5) is 11.4 Å². The summed E-state index contributed by atoms with van der Waals surface area (Å²) in [4.78, 5) is 14.3. The molecule has 1 aliphatic heterocycles. The van der Waals surface area contributed by atoms with Crippen LogP contribution < -0.4 is 11.1 Å². The Morgan fingerprint density at radius 1 is 1.40 bits per heavy atom. The summed E-state index contributed by atoms with van der Waals surface area (Å²) in [5.41, 5.74) is 8.29. The molecule has 0 radical (unpaired) electrons. The Kier molecular flexibility index (Phi) is 5.01. The molecule has 2 rings (SSSR count). The Balaban J connectivity index is 1.84. The third-order valence-corrected chi connectivity index (χ3v) is 4.18. The number of rotatable bonds is 4. The first-order valence-corrected chi connectivity index (χ1v) is 7.46. The van der Waals surface area contributed by atoms with E-state index in [0.29, 0.717) is 6.54 Å². The molecule has 3 N–H and O–H groups in total. The lowest BCUT2D eigenvalue weighted by atomic mass is 9.94. The highest BCUT2D eigenvalue weighted by Crippen LogP contribution is 2.20. The molecule has 4 heteroatoms. The second-order valence-corrected chi connectivity index (χ2v) is 5.75. The second kappa shape index (κ2) is 6.75. The summed E-state index contributed by atoms with van der Waals surface area (Å²) in [5.74, 6) is 0.904. The van der Waals surface area contributed by atoms with E-state index in [9.17, 15) is 4.79 Å². The van der Waals surface area contributed by atoms with Gasteiger partial charge < -0.3 is 11.1 Å². The van der Waals surface area contributed by atoms with Crippen molar-refractivity contribution in [1.29, 1.82) is 0 Å². The summed E-state index contributed by atoms with van der Waals surface area (Å²) >= 11 is 0. The van der Waals surface area contributed by atoms with E-state index in [1.165, 1.54) is 19.3 Å². The van der Waals surface area contributed by atoms with E-state index >= 15 is 0 Å². The second-order valence-electron chi connectivity index (χ2n) is 5.75. The summed E-state index contributed by atoms with van der Waals surface area (Å²) in [6, 6.07) is 5.56. The minimum Gasteiger partial charge on any atom is -0.399 e. The lowest BCUT2D eigenvalue weighted by Crippen LogP contribution is -2.39. The molecule has 1 heterocycles. The van der Waals surface area contributed by atoms with Crippen LogP contribution in [0, 0.1) is 12.8 Å².